The third kappa shape index (κ3) is 11.5. The molecule has 0 bridgehead atoms. The summed E-state index contributed by atoms with van der Waals surface area (Å²) < 4.78 is 50.1. The van der Waals surface area contributed by atoms with Crippen LogP contribution in [0.1, 0.15) is 129 Å². The zero-order chi connectivity index (χ0) is 36.9. The van der Waals surface area contributed by atoms with Gasteiger partial charge in [0, 0.05) is 30.7 Å². The van der Waals surface area contributed by atoms with Crippen LogP contribution < -0.4 is 20.5 Å². The second-order valence-electron chi connectivity index (χ2n) is 14.6. The van der Waals surface area contributed by atoms with Crippen LogP contribution in [0.15, 0.2) is 60.7 Å². The topological polar surface area (TPSA) is 64.6 Å². The molecule has 1 aliphatic carbocycles. The van der Waals surface area contributed by atoms with Gasteiger partial charge in [0.2, 0.25) is 0 Å². The van der Waals surface area contributed by atoms with Gasteiger partial charge in [-0.3, -0.25) is 9.59 Å². The Labute approximate surface area is 306 Å². The Morgan fingerprint density at radius 1 is 0.846 bits per heavy atom. The first-order valence-corrected chi connectivity index (χ1v) is 19.3. The lowest BCUT2D eigenvalue weighted by molar-refractivity contribution is -0.137. The minimum absolute atomic E-state index is 0.0327. The predicted octanol–water partition coefficient (Wildman–Crippen LogP) is 10.1. The molecule has 2 aliphatic rings. The lowest BCUT2D eigenvalue weighted by Crippen LogP contribution is -2.37. The lowest BCUT2D eigenvalue weighted by Gasteiger charge is -2.24. The number of halogens is 3. The highest BCUT2D eigenvalue weighted by atomic mass is 19.4. The molecule has 8 heteroatoms. The van der Waals surface area contributed by atoms with Crippen LogP contribution in [0, 0.1) is 18.8 Å². The van der Waals surface area contributed by atoms with E-state index in [1.165, 1.54) is 35.4 Å². The number of unbranched alkanes of at least 4 members (excludes halogenated alkanes) is 1. The molecule has 0 radical (unpaired) electrons. The number of rotatable bonds is 13. The Kier molecular flexibility index (Phi) is 14.5. The van der Waals surface area contributed by atoms with E-state index >= 15 is 0 Å². The monoisotopic (exact) mass is 717 g/mol. The zero-order valence-electron chi connectivity index (χ0n) is 30.7. The van der Waals surface area contributed by atoms with Gasteiger partial charge < -0.3 is 14.8 Å². The number of ketones is 1. The molecule has 3 aromatic carbocycles. The fourth-order valence-electron chi connectivity index (χ4n) is 7.64. The molecule has 1 saturated carbocycles. The van der Waals surface area contributed by atoms with Crippen molar-refractivity contribution in [1.29, 1.82) is 0 Å². The van der Waals surface area contributed by atoms with E-state index in [4.69, 9.17) is 9.47 Å². The molecule has 2 fully saturated rings. The van der Waals surface area contributed by atoms with Crippen LogP contribution >= 0.6 is 0 Å². The summed E-state index contributed by atoms with van der Waals surface area (Å²) in [6, 6.07) is 15.5. The molecule has 280 valence electrons. The first kappa shape index (κ1) is 39.3. The van der Waals surface area contributed by atoms with Crippen molar-refractivity contribution in [2.45, 2.75) is 116 Å². The average molecular weight is 718 g/mol. The van der Waals surface area contributed by atoms with Crippen LogP contribution in [0.25, 0.3) is 12.2 Å². The molecule has 3 atom stereocenters. The van der Waals surface area contributed by atoms with Crippen LogP contribution in [0.2, 0.25) is 0 Å². The minimum atomic E-state index is -4.39. The third-order valence-corrected chi connectivity index (χ3v) is 10.7. The van der Waals surface area contributed by atoms with Crippen LogP contribution in [0.4, 0.5) is 13.2 Å². The van der Waals surface area contributed by atoms with Gasteiger partial charge in [0.15, 0.2) is 5.78 Å². The van der Waals surface area contributed by atoms with Crippen molar-refractivity contribution < 1.29 is 32.2 Å². The van der Waals surface area contributed by atoms with Crippen molar-refractivity contribution in [3.8, 4) is 11.5 Å². The molecule has 0 aromatic heterocycles. The van der Waals surface area contributed by atoms with Crippen molar-refractivity contribution in [1.82, 2.24) is 5.32 Å². The zero-order valence-corrected chi connectivity index (χ0v) is 30.7. The lowest BCUT2D eigenvalue weighted by atomic mass is 9.81. The van der Waals surface area contributed by atoms with Crippen molar-refractivity contribution in [3.63, 3.8) is 0 Å². The number of hydrogen-bond acceptors (Lipinski definition) is 4. The standard InChI is InChI=1S/C44H54F3NO4/c1-3-10-34-20-27-41(43(50)48-30-39-14-8-9-28-51-39)31(2)40(34)15-7-6-12-32-11-4-5-13-33(17-16-32)29-42(49)35-18-23-37(24-19-35)52-38-25-21-36(22-26-38)44(45,46)47/h10,15,18-27,32-33,39H,3-9,11-14,16-17,28-30H2,1-2H3,(H,48,50). The van der Waals surface area contributed by atoms with Gasteiger partial charge in [0.05, 0.1) is 11.7 Å². The Bertz CT molecular complexity index is 1730. The second kappa shape index (κ2) is 19.2. The number of benzene rings is 3. The normalized spacial score (nSPS) is 20.6. The second-order valence-corrected chi connectivity index (χ2v) is 14.6. The maximum atomic E-state index is 13.2. The highest BCUT2D eigenvalue weighted by molar-refractivity contribution is 5.96. The Balaban J connectivity index is 1.10. The first-order chi connectivity index (χ1) is 25.1. The molecular formula is C44H54F3NO4. The minimum Gasteiger partial charge on any atom is -0.457 e. The smallest absolute Gasteiger partial charge is 0.416 e. The summed E-state index contributed by atoms with van der Waals surface area (Å²) in [7, 11) is 0. The van der Waals surface area contributed by atoms with Gasteiger partial charge in [-0.1, -0.05) is 63.7 Å². The van der Waals surface area contributed by atoms with Gasteiger partial charge in [0.1, 0.15) is 11.5 Å². The van der Waals surface area contributed by atoms with Crippen LogP contribution in [0.5, 0.6) is 11.5 Å². The maximum Gasteiger partial charge on any atom is 0.416 e. The highest BCUT2D eigenvalue weighted by Gasteiger charge is 2.30. The summed E-state index contributed by atoms with van der Waals surface area (Å²) in [5, 5.41) is 5.46. The number of amides is 1. The summed E-state index contributed by atoms with van der Waals surface area (Å²) in [5.74, 6) is 1.86. The number of nitrogens with one attached hydrogen (secondary N) is 1. The molecule has 1 N–H and O–H groups in total. The molecule has 1 saturated heterocycles. The molecule has 5 nitrogen and oxygen atoms in total. The predicted molar refractivity (Wildman–Crippen MR) is 201 cm³/mol. The summed E-state index contributed by atoms with van der Waals surface area (Å²) in [4.78, 5) is 26.4. The number of alkyl halides is 3. The summed E-state index contributed by atoms with van der Waals surface area (Å²) in [6.07, 6.45) is 15.0. The van der Waals surface area contributed by atoms with E-state index in [9.17, 15) is 22.8 Å². The number of carbonyl (C=O) groups excluding carboxylic acids is 2. The van der Waals surface area contributed by atoms with Gasteiger partial charge in [-0.15, -0.1) is 0 Å². The molecule has 3 unspecified atom stereocenters. The number of Topliss-reactive ketones (excluding diaryl/α,β-unsaturated/α-hetero) is 1. The van der Waals surface area contributed by atoms with Crippen LogP contribution in [-0.4, -0.2) is 30.9 Å². The highest BCUT2D eigenvalue weighted by Crippen LogP contribution is 2.33. The molecule has 1 heterocycles. The van der Waals surface area contributed by atoms with Crippen molar-refractivity contribution in [2.24, 2.45) is 11.8 Å². The first-order valence-electron chi connectivity index (χ1n) is 19.3. The molecular weight excluding hydrogens is 663 g/mol. The molecule has 3 aromatic rings. The van der Waals surface area contributed by atoms with E-state index in [2.05, 4.69) is 37.4 Å². The number of carbonyl (C=O) groups is 2. The molecule has 52 heavy (non-hydrogen) atoms. The van der Waals surface area contributed by atoms with E-state index in [1.54, 1.807) is 24.3 Å². The fourth-order valence-corrected chi connectivity index (χ4v) is 7.64. The summed E-state index contributed by atoms with van der Waals surface area (Å²) in [5.41, 5.74) is 1.67. The maximum absolute atomic E-state index is 13.2. The van der Waals surface area contributed by atoms with Crippen molar-refractivity contribution in [2.75, 3.05) is 13.2 Å². The largest absolute Gasteiger partial charge is 0.457 e. The molecule has 1 amide bonds. The number of hydrogen-bond donors (Lipinski definition) is 1. The fraction of sp³-hybridized carbons (Fsp3) is 0.500. The molecule has 5 rings (SSSR count). The van der Waals surface area contributed by atoms with Gasteiger partial charge in [-0.25, -0.2) is 0 Å². The third-order valence-electron chi connectivity index (χ3n) is 10.7. The Morgan fingerprint density at radius 2 is 1.52 bits per heavy atom. The van der Waals surface area contributed by atoms with Crippen molar-refractivity contribution in [3.05, 3.63) is 93.4 Å². The van der Waals surface area contributed by atoms with E-state index in [-0.39, 0.29) is 17.8 Å². The van der Waals surface area contributed by atoms with Gasteiger partial charge >= 0.3 is 6.18 Å². The van der Waals surface area contributed by atoms with E-state index in [0.29, 0.717) is 41.9 Å². The molecule has 0 spiro atoms. The van der Waals surface area contributed by atoms with E-state index in [0.717, 1.165) is 100 Å². The quantitative estimate of drug-likeness (QED) is 0.141. The molecule has 1 aliphatic heterocycles. The van der Waals surface area contributed by atoms with E-state index in [1.807, 2.05) is 6.07 Å². The van der Waals surface area contributed by atoms with Crippen molar-refractivity contribution >= 4 is 23.8 Å². The SMILES string of the molecule is CCC=c1ccc(C(=O)NCC2CCCCO2)c(C)c1=CCCCC1CCCCC(CC(=O)c2ccc(Oc3ccc(C(F)(F)F)cc3)cc2)CC1. The van der Waals surface area contributed by atoms with Gasteiger partial charge in [-0.2, -0.15) is 13.2 Å². The Hall–Kier alpha value is -3.91. The van der Waals surface area contributed by atoms with Gasteiger partial charge in [0.25, 0.3) is 5.91 Å². The van der Waals surface area contributed by atoms with Crippen LogP contribution in [-0.2, 0) is 10.9 Å². The van der Waals surface area contributed by atoms with E-state index < -0.39 is 11.7 Å². The summed E-state index contributed by atoms with van der Waals surface area (Å²) >= 11 is 0. The number of ether oxygens (including phenoxy) is 2. The Morgan fingerprint density at radius 3 is 2.19 bits per heavy atom. The van der Waals surface area contributed by atoms with Gasteiger partial charge in [-0.05, 0) is 134 Å². The summed E-state index contributed by atoms with van der Waals surface area (Å²) in [6.45, 7) is 5.53. The van der Waals surface area contributed by atoms with Crippen LogP contribution in [0.3, 0.4) is 0 Å². The average Bonchev–Trinajstić information content (AvgIpc) is 3.13.